The first-order valence-electron chi connectivity index (χ1n) is 12.6. The second-order valence-electron chi connectivity index (χ2n) is 9.07. The number of anilines is 1. The molecule has 3 unspecified atom stereocenters. The van der Waals surface area contributed by atoms with Crippen molar-refractivity contribution >= 4 is 29.3 Å². The van der Waals surface area contributed by atoms with Gasteiger partial charge in [0.2, 0.25) is 11.8 Å². The molecule has 2 fully saturated rings. The molecule has 2 aliphatic heterocycles. The fraction of sp³-hybridized carbons (Fsp3) is 0.615. The van der Waals surface area contributed by atoms with Gasteiger partial charge in [-0.1, -0.05) is 18.6 Å². The Bertz CT molecular complexity index is 937. The van der Waals surface area contributed by atoms with Gasteiger partial charge in [0.15, 0.2) is 0 Å². The second kappa shape index (κ2) is 14.0. The highest BCUT2D eigenvalue weighted by Gasteiger charge is 2.40. The molecule has 2 aliphatic rings. The van der Waals surface area contributed by atoms with E-state index in [2.05, 4.69) is 39.8 Å². The first-order chi connectivity index (χ1) is 17.0. The Morgan fingerprint density at radius 3 is 2.77 bits per heavy atom. The largest absolute Gasteiger partial charge is 0.385 e. The molecule has 0 spiro atoms. The zero-order chi connectivity index (χ0) is 25.0. The van der Waals surface area contributed by atoms with Crippen molar-refractivity contribution in [3.8, 4) is 12.1 Å². The predicted molar refractivity (Wildman–Crippen MR) is 138 cm³/mol. The van der Waals surface area contributed by atoms with Crippen molar-refractivity contribution in [1.29, 1.82) is 10.5 Å². The molecule has 0 radical (unpaired) electrons. The number of nitriles is 2. The first kappa shape index (κ1) is 26.8. The van der Waals surface area contributed by atoms with Gasteiger partial charge in [0, 0.05) is 31.7 Å². The average Bonchev–Trinajstić information content (AvgIpc) is 3.19. The molecule has 8 nitrogen and oxygen atoms in total. The Labute approximate surface area is 213 Å². The fourth-order valence-corrected chi connectivity index (χ4v) is 6.29. The Kier molecular flexibility index (Phi) is 10.7. The number of hydrogen-bond acceptors (Lipinski definition) is 7. The molecule has 3 rings (SSSR count). The minimum atomic E-state index is -0.882. The molecular formula is C26H36N6O2S. The molecule has 2 heterocycles. The van der Waals surface area contributed by atoms with Gasteiger partial charge in [0.1, 0.15) is 12.5 Å². The molecule has 2 amide bonds. The van der Waals surface area contributed by atoms with E-state index in [0.29, 0.717) is 19.5 Å². The van der Waals surface area contributed by atoms with E-state index in [0.717, 1.165) is 18.7 Å². The van der Waals surface area contributed by atoms with Crippen molar-refractivity contribution in [2.75, 3.05) is 44.6 Å². The average molecular weight is 497 g/mol. The molecule has 1 aromatic carbocycles. The summed E-state index contributed by atoms with van der Waals surface area (Å²) < 4.78 is 0. The summed E-state index contributed by atoms with van der Waals surface area (Å²) in [6.45, 7) is 6.52. The molecule has 9 heteroatoms. The first-order valence-corrected chi connectivity index (χ1v) is 13.5. The number of piperidine rings is 1. The van der Waals surface area contributed by atoms with Crippen molar-refractivity contribution in [3.63, 3.8) is 0 Å². The lowest BCUT2D eigenvalue weighted by Gasteiger charge is -2.26. The monoisotopic (exact) mass is 496 g/mol. The van der Waals surface area contributed by atoms with Crippen LogP contribution in [0.15, 0.2) is 24.3 Å². The zero-order valence-electron chi connectivity index (χ0n) is 20.5. The van der Waals surface area contributed by atoms with Crippen molar-refractivity contribution in [1.82, 2.24) is 15.1 Å². The molecule has 0 saturated carbocycles. The van der Waals surface area contributed by atoms with Crippen LogP contribution in [0.1, 0.15) is 44.6 Å². The topological polar surface area (TPSA) is 112 Å². The summed E-state index contributed by atoms with van der Waals surface area (Å²) in [5.41, 5.74) is 2.39. The molecule has 2 N–H and O–H groups in total. The highest BCUT2D eigenvalue weighted by molar-refractivity contribution is 8.01. The standard InChI is InChI=1S/C26H36N6O2S/c1-2-32-24(18-21(19-28)25(33)30-13-11-27)35-23(26(32)34)9-12-29-22-8-6-7-20(17-22)10-16-31-14-4-3-5-15-31/h6-8,17,21,23-24,29H,2-5,9-10,12-16,18H2,1H3,(H,30,33). The quantitative estimate of drug-likeness (QED) is 0.428. The van der Waals surface area contributed by atoms with Crippen LogP contribution in [0.4, 0.5) is 5.69 Å². The van der Waals surface area contributed by atoms with Crippen LogP contribution >= 0.6 is 11.8 Å². The maximum absolute atomic E-state index is 12.9. The van der Waals surface area contributed by atoms with Gasteiger partial charge in [-0.05, 0) is 63.4 Å². The zero-order valence-corrected chi connectivity index (χ0v) is 21.4. The summed E-state index contributed by atoms with van der Waals surface area (Å²) in [6.07, 6.45) is 5.95. The van der Waals surface area contributed by atoms with Gasteiger partial charge in [-0.25, -0.2) is 0 Å². The molecule has 188 valence electrons. The number of carbonyl (C=O) groups excluding carboxylic acids is 2. The van der Waals surface area contributed by atoms with Gasteiger partial charge in [-0.3, -0.25) is 9.59 Å². The number of amides is 2. The number of nitrogens with zero attached hydrogens (tertiary/aromatic N) is 4. The number of likely N-dealkylation sites (tertiary alicyclic amines) is 1. The lowest BCUT2D eigenvalue weighted by Crippen LogP contribution is -2.38. The van der Waals surface area contributed by atoms with E-state index in [4.69, 9.17) is 5.26 Å². The molecule has 1 aromatic rings. The van der Waals surface area contributed by atoms with Crippen LogP contribution < -0.4 is 10.6 Å². The van der Waals surface area contributed by atoms with E-state index in [1.165, 1.54) is 49.7 Å². The normalized spacial score (nSPS) is 21.2. The molecule has 3 atom stereocenters. The van der Waals surface area contributed by atoms with E-state index in [9.17, 15) is 14.9 Å². The van der Waals surface area contributed by atoms with Crippen LogP contribution in [0, 0.1) is 28.6 Å². The Balaban J connectivity index is 1.48. The van der Waals surface area contributed by atoms with E-state index < -0.39 is 11.8 Å². The van der Waals surface area contributed by atoms with Crippen LogP contribution in [-0.2, 0) is 16.0 Å². The smallest absolute Gasteiger partial charge is 0.238 e. The molecule has 0 aliphatic carbocycles. The number of rotatable bonds is 12. The fourth-order valence-electron chi connectivity index (χ4n) is 4.71. The van der Waals surface area contributed by atoms with E-state index >= 15 is 0 Å². The third kappa shape index (κ3) is 7.88. The Morgan fingerprint density at radius 1 is 1.26 bits per heavy atom. The summed E-state index contributed by atoms with van der Waals surface area (Å²) in [4.78, 5) is 29.4. The number of thioether (sulfide) groups is 1. The van der Waals surface area contributed by atoms with Gasteiger partial charge < -0.3 is 20.4 Å². The van der Waals surface area contributed by atoms with Gasteiger partial charge in [-0.2, -0.15) is 10.5 Å². The second-order valence-corrected chi connectivity index (χ2v) is 10.5. The van der Waals surface area contributed by atoms with Crippen LogP contribution in [0.2, 0.25) is 0 Å². The molecule has 0 aromatic heterocycles. The van der Waals surface area contributed by atoms with Crippen molar-refractivity contribution in [3.05, 3.63) is 29.8 Å². The highest BCUT2D eigenvalue weighted by Crippen LogP contribution is 2.36. The predicted octanol–water partition coefficient (Wildman–Crippen LogP) is 2.98. The lowest BCUT2D eigenvalue weighted by molar-refractivity contribution is -0.131. The van der Waals surface area contributed by atoms with Crippen molar-refractivity contribution in [2.45, 2.75) is 56.1 Å². The van der Waals surface area contributed by atoms with Gasteiger partial charge in [-0.15, -0.1) is 11.8 Å². The summed E-state index contributed by atoms with van der Waals surface area (Å²) in [5, 5.41) is 23.6. The van der Waals surface area contributed by atoms with Crippen molar-refractivity contribution < 1.29 is 9.59 Å². The maximum atomic E-state index is 12.9. The van der Waals surface area contributed by atoms with E-state index in [1.54, 1.807) is 4.90 Å². The van der Waals surface area contributed by atoms with Gasteiger partial charge in [0.25, 0.3) is 0 Å². The summed E-state index contributed by atoms with van der Waals surface area (Å²) in [5.74, 6) is -1.27. The SMILES string of the molecule is CCN1C(=O)C(CCNc2cccc(CCN3CCCCC3)c2)SC1CC(C#N)C(=O)NCC#N. The van der Waals surface area contributed by atoms with Gasteiger partial charge in [0.05, 0.1) is 22.8 Å². The summed E-state index contributed by atoms with van der Waals surface area (Å²) in [6, 6.07) is 12.4. The summed E-state index contributed by atoms with van der Waals surface area (Å²) >= 11 is 1.53. The number of hydrogen-bond donors (Lipinski definition) is 2. The molecule has 35 heavy (non-hydrogen) atoms. The molecule has 0 bridgehead atoms. The van der Waals surface area contributed by atoms with E-state index in [-0.39, 0.29) is 29.5 Å². The third-order valence-electron chi connectivity index (χ3n) is 6.65. The van der Waals surface area contributed by atoms with Crippen molar-refractivity contribution in [2.24, 2.45) is 5.92 Å². The minimum absolute atomic E-state index is 0.0636. The van der Waals surface area contributed by atoms with Crippen LogP contribution in [0.25, 0.3) is 0 Å². The number of benzene rings is 1. The maximum Gasteiger partial charge on any atom is 0.238 e. The van der Waals surface area contributed by atoms with Crippen LogP contribution in [0.5, 0.6) is 0 Å². The van der Waals surface area contributed by atoms with E-state index in [1.807, 2.05) is 19.1 Å². The highest BCUT2D eigenvalue weighted by atomic mass is 32.2. The van der Waals surface area contributed by atoms with Crippen LogP contribution in [-0.4, -0.2) is 71.5 Å². The molecular weight excluding hydrogens is 460 g/mol. The van der Waals surface area contributed by atoms with Gasteiger partial charge >= 0.3 is 0 Å². The molecule has 2 saturated heterocycles. The Hall–Kier alpha value is -2.75. The number of nitrogens with one attached hydrogen (secondary N) is 2. The van der Waals surface area contributed by atoms with Crippen LogP contribution in [0.3, 0.4) is 0 Å². The Morgan fingerprint density at radius 2 is 2.06 bits per heavy atom. The third-order valence-corrected chi connectivity index (χ3v) is 8.17. The lowest BCUT2D eigenvalue weighted by atomic mass is 10.1. The number of carbonyl (C=O) groups is 2. The minimum Gasteiger partial charge on any atom is -0.385 e. The summed E-state index contributed by atoms with van der Waals surface area (Å²) in [7, 11) is 0.